The van der Waals surface area contributed by atoms with E-state index in [2.05, 4.69) is 0 Å². The number of hydrogen-bond acceptors (Lipinski definition) is 2. The van der Waals surface area contributed by atoms with E-state index in [1.165, 1.54) is 12.1 Å². The summed E-state index contributed by atoms with van der Waals surface area (Å²) in [6, 6.07) is 3.38. The van der Waals surface area contributed by atoms with Crippen LogP contribution in [0.2, 0.25) is 0 Å². The van der Waals surface area contributed by atoms with E-state index in [0.717, 1.165) is 6.07 Å². The summed E-state index contributed by atoms with van der Waals surface area (Å²) in [5.74, 6) is -1.25. The van der Waals surface area contributed by atoms with Crippen LogP contribution in [0.4, 0.5) is 8.78 Å². The topological polar surface area (TPSA) is 29.5 Å². The number of halogens is 2. The highest BCUT2D eigenvalue weighted by molar-refractivity contribution is 5.19. The second kappa shape index (κ2) is 6.44. The average molecular weight is 272 g/mol. The summed E-state index contributed by atoms with van der Waals surface area (Å²) in [7, 11) is 0. The smallest absolute Gasteiger partial charge is 0.129 e. The Morgan fingerprint density at radius 3 is 2.37 bits per heavy atom. The highest BCUT2D eigenvalue weighted by Crippen LogP contribution is 2.27. The summed E-state index contributed by atoms with van der Waals surface area (Å²) in [4.78, 5) is 0. The zero-order valence-electron chi connectivity index (χ0n) is 11.9. The zero-order valence-corrected chi connectivity index (χ0v) is 11.9. The highest BCUT2D eigenvalue weighted by Gasteiger charge is 2.32. The lowest BCUT2D eigenvalue weighted by molar-refractivity contribution is -0.0875. The molecule has 2 nitrogen and oxygen atoms in total. The van der Waals surface area contributed by atoms with Gasteiger partial charge in [-0.2, -0.15) is 0 Å². The van der Waals surface area contributed by atoms with E-state index in [9.17, 15) is 13.9 Å². The maximum atomic E-state index is 13.6. The van der Waals surface area contributed by atoms with Crippen molar-refractivity contribution in [1.29, 1.82) is 0 Å². The first-order valence-corrected chi connectivity index (χ1v) is 6.49. The molecule has 4 heteroatoms. The van der Waals surface area contributed by atoms with Crippen LogP contribution in [0.1, 0.15) is 33.3 Å². The molecule has 0 aliphatic heterocycles. The summed E-state index contributed by atoms with van der Waals surface area (Å²) in [6.07, 6.45) is -1.13. The van der Waals surface area contributed by atoms with Crippen LogP contribution in [-0.4, -0.2) is 23.9 Å². The van der Waals surface area contributed by atoms with Crippen LogP contribution in [0, 0.1) is 17.0 Å². The molecule has 0 bridgehead atoms. The average Bonchev–Trinajstić information content (AvgIpc) is 2.28. The van der Waals surface area contributed by atoms with Crippen LogP contribution >= 0.6 is 0 Å². The van der Waals surface area contributed by atoms with Crippen molar-refractivity contribution in [1.82, 2.24) is 0 Å². The molecule has 2 atom stereocenters. The van der Waals surface area contributed by atoms with Crippen molar-refractivity contribution in [3.63, 3.8) is 0 Å². The molecule has 0 aliphatic carbocycles. The summed E-state index contributed by atoms with van der Waals surface area (Å²) in [6.45, 7) is 8.20. The van der Waals surface area contributed by atoms with Crippen molar-refractivity contribution in [2.24, 2.45) is 5.41 Å². The number of hydrogen-bond donors (Lipinski definition) is 1. The van der Waals surface area contributed by atoms with Crippen LogP contribution in [0.3, 0.4) is 0 Å². The monoisotopic (exact) mass is 272 g/mol. The van der Waals surface area contributed by atoms with Gasteiger partial charge in [0.25, 0.3) is 0 Å². The lowest BCUT2D eigenvalue weighted by Crippen LogP contribution is -2.41. The van der Waals surface area contributed by atoms with Crippen molar-refractivity contribution < 1.29 is 18.6 Å². The van der Waals surface area contributed by atoms with Crippen molar-refractivity contribution in [3.05, 3.63) is 35.4 Å². The molecule has 1 aromatic carbocycles. The third-order valence-corrected chi connectivity index (χ3v) is 2.99. The quantitative estimate of drug-likeness (QED) is 0.891. The molecule has 108 valence electrons. The highest BCUT2D eigenvalue weighted by atomic mass is 19.1. The van der Waals surface area contributed by atoms with E-state index >= 15 is 0 Å². The Bertz CT molecular complexity index is 413. The van der Waals surface area contributed by atoms with Crippen LogP contribution in [0.5, 0.6) is 0 Å². The zero-order chi connectivity index (χ0) is 14.6. The first kappa shape index (κ1) is 16.1. The summed E-state index contributed by atoms with van der Waals surface area (Å²) >= 11 is 0. The summed E-state index contributed by atoms with van der Waals surface area (Å²) < 4.78 is 31.9. The molecule has 0 fully saturated rings. The minimum Gasteiger partial charge on any atom is -0.390 e. The van der Waals surface area contributed by atoms with Gasteiger partial charge in [0, 0.05) is 19.1 Å². The lowest BCUT2D eigenvalue weighted by atomic mass is 9.83. The summed E-state index contributed by atoms with van der Waals surface area (Å²) in [5.41, 5.74) is 0.0363. The Hall–Kier alpha value is -1.00. The second-order valence-electron chi connectivity index (χ2n) is 5.75. The van der Waals surface area contributed by atoms with Gasteiger partial charge in [0.05, 0.1) is 12.2 Å². The van der Waals surface area contributed by atoms with Gasteiger partial charge in [-0.1, -0.05) is 26.8 Å². The fourth-order valence-corrected chi connectivity index (χ4v) is 2.14. The third kappa shape index (κ3) is 4.55. The van der Waals surface area contributed by atoms with Gasteiger partial charge in [0.2, 0.25) is 0 Å². The molecule has 2 unspecified atom stereocenters. The van der Waals surface area contributed by atoms with E-state index < -0.39 is 23.8 Å². The van der Waals surface area contributed by atoms with Gasteiger partial charge >= 0.3 is 0 Å². The lowest BCUT2D eigenvalue weighted by Gasteiger charge is -2.34. The second-order valence-corrected chi connectivity index (χ2v) is 5.75. The van der Waals surface area contributed by atoms with Crippen LogP contribution in [-0.2, 0) is 11.2 Å². The van der Waals surface area contributed by atoms with Gasteiger partial charge in [-0.15, -0.1) is 0 Å². The van der Waals surface area contributed by atoms with E-state index in [0.29, 0.717) is 12.2 Å². The predicted octanol–water partition coefficient (Wildman–Crippen LogP) is 3.32. The minimum absolute atomic E-state index is 0.105. The van der Waals surface area contributed by atoms with Gasteiger partial charge in [0.1, 0.15) is 11.6 Å². The normalized spacial score (nSPS) is 15.3. The van der Waals surface area contributed by atoms with Gasteiger partial charge in [0.15, 0.2) is 0 Å². The van der Waals surface area contributed by atoms with Crippen LogP contribution in [0.25, 0.3) is 0 Å². The Kier molecular flexibility index (Phi) is 5.44. The third-order valence-electron chi connectivity index (χ3n) is 2.99. The van der Waals surface area contributed by atoms with E-state index in [4.69, 9.17) is 4.74 Å². The van der Waals surface area contributed by atoms with E-state index in [-0.39, 0.29) is 11.8 Å². The molecule has 0 aromatic heterocycles. The van der Waals surface area contributed by atoms with Gasteiger partial charge in [-0.3, -0.25) is 0 Å². The molecular formula is C15H22F2O2. The SMILES string of the molecule is CCOC(C(O)Cc1ccc(F)cc1F)C(C)(C)C. The molecule has 0 radical (unpaired) electrons. The molecule has 1 N–H and O–H groups in total. The van der Waals surface area contributed by atoms with Crippen LogP contribution < -0.4 is 0 Å². The first-order valence-electron chi connectivity index (χ1n) is 6.49. The standard InChI is InChI=1S/C15H22F2O2/c1-5-19-14(15(2,3)4)13(18)8-10-6-7-11(16)9-12(10)17/h6-7,9,13-14,18H,5,8H2,1-4H3. The number of aliphatic hydroxyl groups is 1. The van der Waals surface area contributed by atoms with Crippen molar-refractivity contribution in [2.75, 3.05) is 6.61 Å². The Morgan fingerprint density at radius 1 is 1.26 bits per heavy atom. The van der Waals surface area contributed by atoms with Gasteiger partial charge in [-0.05, 0) is 24.0 Å². The van der Waals surface area contributed by atoms with Crippen LogP contribution in [0.15, 0.2) is 18.2 Å². The fourth-order valence-electron chi connectivity index (χ4n) is 2.14. The number of benzene rings is 1. The maximum absolute atomic E-state index is 13.6. The molecular weight excluding hydrogens is 250 g/mol. The van der Waals surface area contributed by atoms with E-state index in [1.807, 2.05) is 27.7 Å². The van der Waals surface area contributed by atoms with Gasteiger partial charge in [-0.25, -0.2) is 8.78 Å². The fraction of sp³-hybridized carbons (Fsp3) is 0.600. The molecule has 0 saturated carbocycles. The van der Waals surface area contributed by atoms with Gasteiger partial charge < -0.3 is 9.84 Å². The predicted molar refractivity (Wildman–Crippen MR) is 70.9 cm³/mol. The molecule has 0 saturated heterocycles. The molecule has 1 aromatic rings. The van der Waals surface area contributed by atoms with E-state index in [1.54, 1.807) is 0 Å². The molecule has 1 rings (SSSR count). The Morgan fingerprint density at radius 2 is 1.89 bits per heavy atom. The number of rotatable bonds is 5. The first-order chi connectivity index (χ1) is 8.75. The largest absolute Gasteiger partial charge is 0.390 e. The van der Waals surface area contributed by atoms with Crippen molar-refractivity contribution in [3.8, 4) is 0 Å². The maximum Gasteiger partial charge on any atom is 0.129 e. The molecule has 19 heavy (non-hydrogen) atoms. The number of ether oxygens (including phenoxy) is 1. The van der Waals surface area contributed by atoms with Crippen molar-refractivity contribution in [2.45, 2.75) is 46.3 Å². The number of aliphatic hydroxyl groups excluding tert-OH is 1. The minimum atomic E-state index is -0.833. The van der Waals surface area contributed by atoms with Crippen molar-refractivity contribution >= 4 is 0 Å². The summed E-state index contributed by atoms with van der Waals surface area (Å²) in [5, 5.41) is 10.2. The Labute approximate surface area is 113 Å². The Balaban J connectivity index is 2.84. The molecule has 0 amide bonds. The molecule has 0 aliphatic rings. The molecule has 0 heterocycles. The molecule has 0 spiro atoms.